The smallest absolute Gasteiger partial charge is 0.282 e. The van der Waals surface area contributed by atoms with Crippen LogP contribution in [0.15, 0.2) is 36.4 Å². The molecule has 8 nitrogen and oxygen atoms in total. The van der Waals surface area contributed by atoms with E-state index in [1.54, 1.807) is 17.0 Å². The van der Waals surface area contributed by atoms with Crippen LogP contribution >= 0.6 is 0 Å². The van der Waals surface area contributed by atoms with E-state index in [4.69, 9.17) is 9.47 Å². The molecule has 2 aliphatic heterocycles. The van der Waals surface area contributed by atoms with E-state index in [2.05, 4.69) is 0 Å². The second-order valence-electron chi connectivity index (χ2n) is 7.00. The van der Waals surface area contributed by atoms with Gasteiger partial charge in [-0.2, -0.15) is 0 Å². The zero-order valence-corrected chi connectivity index (χ0v) is 15.6. The highest BCUT2D eigenvalue weighted by molar-refractivity contribution is 5.99. The van der Waals surface area contributed by atoms with E-state index in [0.717, 1.165) is 29.8 Å². The molecule has 2 aromatic carbocycles. The number of rotatable bonds is 5. The maximum absolute atomic E-state index is 12.8. The highest BCUT2D eigenvalue weighted by Gasteiger charge is 2.27. The molecule has 0 bridgehead atoms. The molecule has 1 fully saturated rings. The van der Waals surface area contributed by atoms with Crippen molar-refractivity contribution in [2.75, 3.05) is 31.8 Å². The fourth-order valence-corrected chi connectivity index (χ4v) is 3.59. The van der Waals surface area contributed by atoms with Gasteiger partial charge in [0, 0.05) is 38.4 Å². The number of carbonyl (C=O) groups is 1. The lowest BCUT2D eigenvalue weighted by atomic mass is 10.1. The first-order valence-electron chi connectivity index (χ1n) is 9.20. The molecule has 0 atom stereocenters. The van der Waals surface area contributed by atoms with E-state index >= 15 is 0 Å². The molecule has 1 saturated heterocycles. The predicted octanol–water partition coefficient (Wildman–Crippen LogP) is 3.20. The third-order valence-corrected chi connectivity index (χ3v) is 5.10. The summed E-state index contributed by atoms with van der Waals surface area (Å²) < 4.78 is 10.7. The maximum Gasteiger partial charge on any atom is 0.282 e. The van der Waals surface area contributed by atoms with Gasteiger partial charge < -0.3 is 19.3 Å². The summed E-state index contributed by atoms with van der Waals surface area (Å²) in [7, 11) is 1.88. The molecular weight excluding hydrogens is 362 g/mol. The fraction of sp³-hybridized carbons (Fsp3) is 0.350. The number of anilines is 1. The Morgan fingerprint density at radius 2 is 1.89 bits per heavy atom. The number of amides is 1. The van der Waals surface area contributed by atoms with Crippen LogP contribution in [-0.4, -0.2) is 42.7 Å². The number of benzene rings is 2. The highest BCUT2D eigenvalue weighted by Crippen LogP contribution is 2.33. The van der Waals surface area contributed by atoms with E-state index in [1.165, 1.54) is 6.07 Å². The van der Waals surface area contributed by atoms with Crippen molar-refractivity contribution in [3.63, 3.8) is 0 Å². The first kappa shape index (κ1) is 18.1. The third-order valence-electron chi connectivity index (χ3n) is 5.10. The van der Waals surface area contributed by atoms with Crippen molar-refractivity contribution in [3.8, 4) is 11.5 Å². The van der Waals surface area contributed by atoms with Gasteiger partial charge in [0.25, 0.3) is 11.6 Å². The van der Waals surface area contributed by atoms with Gasteiger partial charge in [0.2, 0.25) is 6.79 Å². The van der Waals surface area contributed by atoms with Crippen LogP contribution in [0.25, 0.3) is 0 Å². The standard InChI is InChI=1S/C20H21N3O5/c1-21(12-14-4-7-18-19(10-14)28-13-27-18)15-5-6-17(23(25)26)16(11-15)20(24)22-8-2-3-9-22/h4-7,10-11H,2-3,8-9,12-13H2,1H3. The van der Waals surface area contributed by atoms with Crippen molar-refractivity contribution in [1.82, 2.24) is 4.90 Å². The van der Waals surface area contributed by atoms with Crippen LogP contribution in [-0.2, 0) is 6.54 Å². The van der Waals surface area contributed by atoms with E-state index in [-0.39, 0.29) is 24.0 Å². The molecule has 2 aliphatic rings. The van der Waals surface area contributed by atoms with Crippen LogP contribution in [0.2, 0.25) is 0 Å². The van der Waals surface area contributed by atoms with Gasteiger partial charge in [0.15, 0.2) is 11.5 Å². The number of nitrogens with zero attached hydrogens (tertiary/aromatic N) is 3. The lowest BCUT2D eigenvalue weighted by Gasteiger charge is -2.21. The number of likely N-dealkylation sites (tertiary alicyclic amines) is 1. The monoisotopic (exact) mass is 383 g/mol. The topological polar surface area (TPSA) is 85.1 Å². The van der Waals surface area contributed by atoms with E-state index in [1.807, 2.05) is 30.1 Å². The number of ether oxygens (including phenoxy) is 2. The molecule has 4 rings (SSSR count). The van der Waals surface area contributed by atoms with E-state index < -0.39 is 4.92 Å². The molecule has 1 amide bonds. The van der Waals surface area contributed by atoms with Crippen molar-refractivity contribution >= 4 is 17.3 Å². The Hall–Kier alpha value is -3.29. The zero-order valence-electron chi connectivity index (χ0n) is 15.6. The molecule has 0 aliphatic carbocycles. The normalized spacial score (nSPS) is 15.0. The van der Waals surface area contributed by atoms with Gasteiger partial charge in [0.1, 0.15) is 5.56 Å². The van der Waals surface area contributed by atoms with Crippen molar-refractivity contribution < 1.29 is 19.2 Å². The Bertz CT molecular complexity index is 924. The van der Waals surface area contributed by atoms with Crippen LogP contribution in [0.4, 0.5) is 11.4 Å². The molecule has 0 aromatic heterocycles. The predicted molar refractivity (Wildman–Crippen MR) is 103 cm³/mol. The maximum atomic E-state index is 12.8. The SMILES string of the molecule is CN(Cc1ccc2c(c1)OCO2)c1ccc([N+](=O)[O-])c(C(=O)N2CCCC2)c1. The molecule has 0 N–H and O–H groups in total. The molecule has 0 spiro atoms. The van der Waals surface area contributed by atoms with Gasteiger partial charge in [-0.3, -0.25) is 14.9 Å². The summed E-state index contributed by atoms with van der Waals surface area (Å²) >= 11 is 0. The first-order valence-corrected chi connectivity index (χ1v) is 9.20. The fourth-order valence-electron chi connectivity index (χ4n) is 3.59. The lowest BCUT2D eigenvalue weighted by Crippen LogP contribution is -2.28. The third kappa shape index (κ3) is 3.45. The van der Waals surface area contributed by atoms with Gasteiger partial charge in [-0.25, -0.2) is 0 Å². The van der Waals surface area contributed by atoms with Crippen LogP contribution in [0.5, 0.6) is 11.5 Å². The molecule has 0 saturated carbocycles. The molecule has 146 valence electrons. The van der Waals surface area contributed by atoms with Crippen molar-refractivity contribution in [1.29, 1.82) is 0 Å². The summed E-state index contributed by atoms with van der Waals surface area (Å²) in [6, 6.07) is 10.4. The summed E-state index contributed by atoms with van der Waals surface area (Å²) in [5.41, 5.74) is 1.74. The zero-order chi connectivity index (χ0) is 19.7. The second-order valence-corrected chi connectivity index (χ2v) is 7.00. The number of hydrogen-bond donors (Lipinski definition) is 0. The van der Waals surface area contributed by atoms with Gasteiger partial charge in [-0.15, -0.1) is 0 Å². The van der Waals surface area contributed by atoms with Gasteiger partial charge in [-0.05, 0) is 42.7 Å². The Morgan fingerprint density at radius 3 is 2.64 bits per heavy atom. The number of hydrogen-bond acceptors (Lipinski definition) is 6. The Labute approximate surface area is 162 Å². The van der Waals surface area contributed by atoms with Crippen LogP contribution in [0.1, 0.15) is 28.8 Å². The van der Waals surface area contributed by atoms with Crippen molar-refractivity contribution in [2.24, 2.45) is 0 Å². The minimum atomic E-state index is -0.495. The van der Waals surface area contributed by atoms with Gasteiger partial charge in [0.05, 0.1) is 4.92 Å². The quantitative estimate of drug-likeness (QED) is 0.582. The summed E-state index contributed by atoms with van der Waals surface area (Å²) in [5.74, 6) is 1.15. The van der Waals surface area contributed by atoms with Crippen molar-refractivity contribution in [3.05, 3.63) is 57.6 Å². The second kappa shape index (κ2) is 7.38. The molecule has 2 heterocycles. The number of fused-ring (bicyclic) bond motifs is 1. The summed E-state index contributed by atoms with van der Waals surface area (Å²) in [4.78, 5) is 27.4. The van der Waals surface area contributed by atoms with Gasteiger partial charge in [-0.1, -0.05) is 6.07 Å². The average Bonchev–Trinajstić information content (AvgIpc) is 3.38. The molecule has 8 heteroatoms. The van der Waals surface area contributed by atoms with Gasteiger partial charge >= 0.3 is 0 Å². The van der Waals surface area contributed by atoms with Crippen molar-refractivity contribution in [2.45, 2.75) is 19.4 Å². The molecule has 28 heavy (non-hydrogen) atoms. The Balaban J connectivity index is 1.59. The largest absolute Gasteiger partial charge is 0.454 e. The van der Waals surface area contributed by atoms with E-state index in [0.29, 0.717) is 25.4 Å². The molecule has 0 radical (unpaired) electrons. The summed E-state index contributed by atoms with van der Waals surface area (Å²) in [6.07, 6.45) is 1.87. The van der Waals surface area contributed by atoms with Crippen LogP contribution in [0.3, 0.4) is 0 Å². The summed E-state index contributed by atoms with van der Waals surface area (Å²) in [6.45, 7) is 2.07. The molecule has 0 unspecified atom stereocenters. The molecule has 2 aromatic rings. The number of carbonyl (C=O) groups excluding carboxylic acids is 1. The Kier molecular flexibility index (Phi) is 4.77. The molecular formula is C20H21N3O5. The Morgan fingerprint density at radius 1 is 1.14 bits per heavy atom. The first-order chi connectivity index (χ1) is 13.5. The number of nitro groups is 1. The van der Waals surface area contributed by atoms with E-state index in [9.17, 15) is 14.9 Å². The minimum absolute atomic E-state index is 0.141. The lowest BCUT2D eigenvalue weighted by molar-refractivity contribution is -0.385. The summed E-state index contributed by atoms with van der Waals surface area (Å²) in [5, 5.41) is 11.4. The van der Waals surface area contributed by atoms with Crippen LogP contribution in [0, 0.1) is 10.1 Å². The number of nitro benzene ring substituents is 1. The minimum Gasteiger partial charge on any atom is -0.454 e. The van der Waals surface area contributed by atoms with Crippen LogP contribution < -0.4 is 14.4 Å². The highest BCUT2D eigenvalue weighted by atomic mass is 16.7. The average molecular weight is 383 g/mol.